The Balaban J connectivity index is 1.62. The summed E-state index contributed by atoms with van der Waals surface area (Å²) >= 11 is 18.8. The molecule has 3 atom stereocenters. The van der Waals surface area contributed by atoms with Gasteiger partial charge in [0.15, 0.2) is 10.8 Å². The number of halogens is 3. The Bertz CT molecular complexity index is 1260. The number of thiocarbonyl (C=S) groups is 1. The summed E-state index contributed by atoms with van der Waals surface area (Å²) in [6, 6.07) is 20.2. The highest BCUT2D eigenvalue weighted by molar-refractivity contribution is 9.10. The minimum absolute atomic E-state index is 0.187. The summed E-state index contributed by atoms with van der Waals surface area (Å²) < 4.78 is 8.43. The predicted octanol–water partition coefficient (Wildman–Crippen LogP) is 6.66. The summed E-state index contributed by atoms with van der Waals surface area (Å²) in [6.07, 6.45) is 0. The number of hydrogen-bond donors (Lipinski definition) is 2. The van der Waals surface area contributed by atoms with Crippen molar-refractivity contribution in [2.45, 2.75) is 18.7 Å². The molecule has 2 aliphatic heterocycles. The predicted molar refractivity (Wildman–Crippen MR) is 142 cm³/mol. The summed E-state index contributed by atoms with van der Waals surface area (Å²) in [5, 5.41) is 7.53. The van der Waals surface area contributed by atoms with Crippen LogP contribution in [0.25, 0.3) is 0 Å². The fourth-order valence-electron chi connectivity index (χ4n) is 4.49. The Morgan fingerprint density at radius 1 is 1.09 bits per heavy atom. The molecule has 3 aromatic rings. The highest BCUT2D eigenvalue weighted by Crippen LogP contribution is 2.50. The molecular formula is C24H18Br2ClN3O2S. The Labute approximate surface area is 218 Å². The van der Waals surface area contributed by atoms with Crippen molar-refractivity contribution in [2.24, 2.45) is 5.92 Å². The highest BCUT2D eigenvalue weighted by Gasteiger charge is 2.59. The van der Waals surface area contributed by atoms with Crippen LogP contribution in [0.4, 0.5) is 11.4 Å². The zero-order chi connectivity index (χ0) is 23.3. The highest BCUT2D eigenvalue weighted by atomic mass is 79.9. The first kappa shape index (κ1) is 22.7. The number of ether oxygens (including phenoxy) is 1. The SMILES string of the molecule is C[C@]12Oc3ccc(Br)cc3[C@H](NC(=S)N1c1ccc(Br)cc1)[C@@H]2C(=O)Nc1ccc(Cl)cc1. The lowest BCUT2D eigenvalue weighted by atomic mass is 9.78. The van der Waals surface area contributed by atoms with Crippen molar-refractivity contribution in [2.75, 3.05) is 10.2 Å². The quantitative estimate of drug-likeness (QED) is 0.326. The number of anilines is 2. The van der Waals surface area contributed by atoms with Gasteiger partial charge in [-0.3, -0.25) is 9.69 Å². The molecular weight excluding hydrogens is 590 g/mol. The van der Waals surface area contributed by atoms with Gasteiger partial charge in [-0.2, -0.15) is 0 Å². The fraction of sp³-hybridized carbons (Fsp3) is 0.167. The zero-order valence-corrected chi connectivity index (χ0v) is 22.1. The van der Waals surface area contributed by atoms with Gasteiger partial charge in [0.25, 0.3) is 0 Å². The van der Waals surface area contributed by atoms with E-state index < -0.39 is 11.6 Å². The molecule has 5 nitrogen and oxygen atoms in total. The summed E-state index contributed by atoms with van der Waals surface area (Å²) in [4.78, 5) is 15.6. The van der Waals surface area contributed by atoms with Crippen LogP contribution in [0.1, 0.15) is 18.5 Å². The second-order valence-corrected chi connectivity index (χ2v) is 10.7. The molecule has 1 amide bonds. The van der Waals surface area contributed by atoms with Crippen LogP contribution >= 0.6 is 55.7 Å². The van der Waals surface area contributed by atoms with Crippen LogP contribution < -0.4 is 20.3 Å². The van der Waals surface area contributed by atoms with Crippen LogP contribution in [0.3, 0.4) is 0 Å². The number of fused-ring (bicyclic) bond motifs is 4. The Morgan fingerprint density at radius 3 is 2.45 bits per heavy atom. The third-order valence-corrected chi connectivity index (χ3v) is 7.51. The van der Waals surface area contributed by atoms with Crippen molar-refractivity contribution in [1.29, 1.82) is 0 Å². The van der Waals surface area contributed by atoms with Gasteiger partial charge < -0.3 is 15.4 Å². The summed E-state index contributed by atoms with van der Waals surface area (Å²) in [5.74, 6) is -0.101. The molecule has 2 heterocycles. The van der Waals surface area contributed by atoms with Gasteiger partial charge in [-0.15, -0.1) is 0 Å². The smallest absolute Gasteiger partial charge is 0.236 e. The molecule has 0 saturated carbocycles. The summed E-state index contributed by atoms with van der Waals surface area (Å²) in [6.45, 7) is 1.91. The normalized spacial score (nSPS) is 23.3. The van der Waals surface area contributed by atoms with E-state index in [2.05, 4.69) is 42.5 Å². The maximum Gasteiger partial charge on any atom is 0.236 e. The molecule has 168 valence electrons. The molecule has 2 bridgehead atoms. The lowest BCUT2D eigenvalue weighted by molar-refractivity contribution is -0.130. The maximum absolute atomic E-state index is 13.8. The standard InChI is InChI=1S/C24H18Br2ClN3O2S/c1-24-20(22(31)28-16-7-5-15(27)6-8-16)21(18-12-14(26)4-11-19(18)32-24)29-23(33)30(24)17-9-2-13(25)3-10-17/h2-12,20-21H,1H3,(H,28,31)(H,29,33)/t20-,21+,24-/m1/s1. The molecule has 2 aliphatic rings. The van der Waals surface area contributed by atoms with Gasteiger partial charge in [0.05, 0.1) is 6.04 Å². The number of nitrogens with one attached hydrogen (secondary N) is 2. The van der Waals surface area contributed by atoms with Gasteiger partial charge in [0.2, 0.25) is 5.91 Å². The van der Waals surface area contributed by atoms with Gasteiger partial charge >= 0.3 is 0 Å². The van der Waals surface area contributed by atoms with Crippen molar-refractivity contribution in [3.05, 3.63) is 86.3 Å². The van der Waals surface area contributed by atoms with Crippen LogP contribution in [0.2, 0.25) is 5.02 Å². The maximum atomic E-state index is 13.8. The first-order chi connectivity index (χ1) is 15.8. The molecule has 3 aromatic carbocycles. The van der Waals surface area contributed by atoms with E-state index in [4.69, 9.17) is 28.6 Å². The molecule has 0 spiro atoms. The minimum Gasteiger partial charge on any atom is -0.467 e. The van der Waals surface area contributed by atoms with Crippen LogP contribution in [0.5, 0.6) is 5.75 Å². The molecule has 33 heavy (non-hydrogen) atoms. The number of benzene rings is 3. The molecule has 9 heteroatoms. The van der Waals surface area contributed by atoms with Crippen LogP contribution in [0, 0.1) is 5.92 Å². The van der Waals surface area contributed by atoms with Crippen LogP contribution in [0.15, 0.2) is 75.7 Å². The third-order valence-electron chi connectivity index (χ3n) is 5.94. The number of carbonyl (C=O) groups excluding carboxylic acids is 1. The molecule has 1 saturated heterocycles. The molecule has 0 radical (unpaired) electrons. The average Bonchev–Trinajstić information content (AvgIpc) is 2.77. The van der Waals surface area contributed by atoms with E-state index in [1.165, 1.54) is 0 Å². The molecule has 1 fully saturated rings. The van der Waals surface area contributed by atoms with Crippen molar-refractivity contribution in [3.8, 4) is 5.75 Å². The first-order valence-corrected chi connectivity index (χ1v) is 12.5. The minimum atomic E-state index is -1.07. The number of rotatable bonds is 3. The fourth-order valence-corrected chi connectivity index (χ4v) is 5.67. The van der Waals surface area contributed by atoms with Crippen molar-refractivity contribution in [3.63, 3.8) is 0 Å². The van der Waals surface area contributed by atoms with E-state index in [0.29, 0.717) is 21.6 Å². The molecule has 0 aliphatic carbocycles. The van der Waals surface area contributed by atoms with Crippen LogP contribution in [-0.2, 0) is 4.79 Å². The van der Waals surface area contributed by atoms with Crippen molar-refractivity contribution >= 4 is 78.1 Å². The number of hydrogen-bond acceptors (Lipinski definition) is 3. The van der Waals surface area contributed by atoms with E-state index in [1.807, 2.05) is 54.3 Å². The average molecular weight is 608 g/mol. The first-order valence-electron chi connectivity index (χ1n) is 10.2. The Hall–Kier alpha value is -2.13. The van der Waals surface area contributed by atoms with E-state index in [0.717, 1.165) is 20.2 Å². The molecule has 5 rings (SSSR count). The van der Waals surface area contributed by atoms with Crippen molar-refractivity contribution < 1.29 is 9.53 Å². The van der Waals surface area contributed by atoms with Gasteiger partial charge in [-0.25, -0.2) is 0 Å². The second-order valence-electron chi connectivity index (χ2n) is 8.05. The van der Waals surface area contributed by atoms with Crippen molar-refractivity contribution in [1.82, 2.24) is 5.32 Å². The van der Waals surface area contributed by atoms with Gasteiger partial charge in [-0.05, 0) is 85.9 Å². The largest absolute Gasteiger partial charge is 0.467 e. The van der Waals surface area contributed by atoms with Gasteiger partial charge in [-0.1, -0.05) is 43.5 Å². The summed E-state index contributed by atoms with van der Waals surface area (Å²) in [7, 11) is 0. The van der Waals surface area contributed by atoms with E-state index in [9.17, 15) is 4.79 Å². The van der Waals surface area contributed by atoms with Gasteiger partial charge in [0, 0.05) is 30.9 Å². The number of carbonyl (C=O) groups is 1. The van der Waals surface area contributed by atoms with E-state index in [-0.39, 0.29) is 11.9 Å². The lowest BCUT2D eigenvalue weighted by Crippen LogP contribution is -2.72. The topological polar surface area (TPSA) is 53.6 Å². The molecule has 0 aromatic heterocycles. The summed E-state index contributed by atoms with van der Waals surface area (Å²) in [5.41, 5.74) is 1.28. The van der Waals surface area contributed by atoms with Crippen LogP contribution in [-0.4, -0.2) is 16.7 Å². The Kier molecular flexibility index (Phi) is 5.89. The van der Waals surface area contributed by atoms with E-state index >= 15 is 0 Å². The lowest BCUT2D eigenvalue weighted by Gasteiger charge is -2.56. The molecule has 2 N–H and O–H groups in total. The zero-order valence-electron chi connectivity index (χ0n) is 17.3. The van der Waals surface area contributed by atoms with Gasteiger partial charge in [0.1, 0.15) is 11.7 Å². The number of nitrogens with zero attached hydrogens (tertiary/aromatic N) is 1. The third kappa shape index (κ3) is 4.03. The monoisotopic (exact) mass is 605 g/mol. The Morgan fingerprint density at radius 2 is 1.76 bits per heavy atom. The van der Waals surface area contributed by atoms with E-state index in [1.54, 1.807) is 24.3 Å². The second kappa shape index (κ2) is 8.58. The molecule has 0 unspecified atom stereocenters. The number of amides is 1.